The number of allylic oxidation sites excluding steroid dienone is 2. The van der Waals surface area contributed by atoms with E-state index in [1.807, 2.05) is 0 Å². The molecule has 0 spiro atoms. The molecule has 0 aromatic heterocycles. The predicted molar refractivity (Wildman–Crippen MR) is 101 cm³/mol. The Kier molecular flexibility index (Phi) is 3.99. The molecule has 0 aliphatic heterocycles. The van der Waals surface area contributed by atoms with Gasteiger partial charge in [-0.1, -0.05) is 39.8 Å². The molecule has 4 rings (SSSR count). The molecule has 0 saturated heterocycles. The highest BCUT2D eigenvalue weighted by molar-refractivity contribution is 5.85. The zero-order valence-corrected chi connectivity index (χ0v) is 17.0. The van der Waals surface area contributed by atoms with Gasteiger partial charge in [0.25, 0.3) is 0 Å². The van der Waals surface area contributed by atoms with Gasteiger partial charge < -0.3 is 4.74 Å². The Morgan fingerprint density at radius 3 is 2.38 bits per heavy atom. The van der Waals surface area contributed by atoms with Gasteiger partial charge in [0.15, 0.2) is 0 Å². The molecule has 3 fully saturated rings. The SMILES string of the molecule is CC(=O)O[C@H]1CC[C@@H]2[C@H]3C=C[C@H]4C(C)(C)C(=O)CC[C@]4(C)[C@@H]3CC[C@@]12C. The van der Waals surface area contributed by atoms with E-state index in [1.54, 1.807) is 0 Å². The van der Waals surface area contributed by atoms with Gasteiger partial charge in [0.05, 0.1) is 0 Å². The molecule has 3 nitrogen and oxygen atoms in total. The minimum absolute atomic E-state index is 0.0780. The van der Waals surface area contributed by atoms with Crippen molar-refractivity contribution in [2.24, 2.45) is 39.9 Å². The van der Waals surface area contributed by atoms with Crippen LogP contribution in [0.2, 0.25) is 0 Å². The molecule has 4 aliphatic rings. The molecule has 4 aliphatic carbocycles. The van der Waals surface area contributed by atoms with E-state index in [0.717, 1.165) is 32.1 Å². The molecular weight excluding hydrogens is 324 g/mol. The maximum Gasteiger partial charge on any atom is 0.302 e. The van der Waals surface area contributed by atoms with Crippen LogP contribution in [0.1, 0.15) is 73.1 Å². The maximum atomic E-state index is 12.6. The average molecular weight is 359 g/mol. The summed E-state index contributed by atoms with van der Waals surface area (Å²) in [5.41, 5.74) is 0.0865. The lowest BCUT2D eigenvalue weighted by atomic mass is 9.43. The molecule has 0 unspecified atom stereocenters. The molecule has 26 heavy (non-hydrogen) atoms. The lowest BCUT2D eigenvalue weighted by Gasteiger charge is -2.60. The topological polar surface area (TPSA) is 43.4 Å². The van der Waals surface area contributed by atoms with Gasteiger partial charge in [0.2, 0.25) is 0 Å². The van der Waals surface area contributed by atoms with E-state index in [1.165, 1.54) is 13.3 Å². The first kappa shape index (κ1) is 18.3. The number of carbonyl (C=O) groups excluding carboxylic acids is 2. The lowest BCUT2D eigenvalue weighted by Crippen LogP contribution is -2.57. The van der Waals surface area contributed by atoms with Crippen LogP contribution < -0.4 is 0 Å². The summed E-state index contributed by atoms with van der Waals surface area (Å²) in [6, 6.07) is 0. The fraction of sp³-hybridized carbons (Fsp3) is 0.826. The number of ketones is 1. The van der Waals surface area contributed by atoms with E-state index < -0.39 is 0 Å². The molecule has 3 saturated carbocycles. The number of carbonyl (C=O) groups is 2. The third-order valence-electron chi connectivity index (χ3n) is 9.02. The van der Waals surface area contributed by atoms with E-state index in [2.05, 4.69) is 39.8 Å². The van der Waals surface area contributed by atoms with Crippen LogP contribution >= 0.6 is 0 Å². The first-order chi connectivity index (χ1) is 12.1. The Hall–Kier alpha value is -1.12. The Morgan fingerprint density at radius 2 is 1.69 bits per heavy atom. The van der Waals surface area contributed by atoms with E-state index in [4.69, 9.17) is 4.74 Å². The fourth-order valence-electron chi connectivity index (χ4n) is 7.55. The standard InChI is InChI=1S/C23H34O3/c1-14(24)26-20-9-7-16-15-6-8-18-21(2,3)19(25)11-13-22(18,4)17(15)10-12-23(16,20)5/h6,8,15-18,20H,7,9-13H2,1-5H3/t15-,16-,17-,18+,20+,22-,23-/m1/s1. The highest BCUT2D eigenvalue weighted by atomic mass is 16.5. The van der Waals surface area contributed by atoms with E-state index in [9.17, 15) is 9.59 Å². The molecule has 0 aromatic carbocycles. The summed E-state index contributed by atoms with van der Waals surface area (Å²) in [7, 11) is 0. The second-order valence-corrected chi connectivity index (χ2v) is 10.5. The van der Waals surface area contributed by atoms with Crippen LogP contribution in [0.25, 0.3) is 0 Å². The summed E-state index contributed by atoms with van der Waals surface area (Å²) >= 11 is 0. The summed E-state index contributed by atoms with van der Waals surface area (Å²) in [5.74, 6) is 2.46. The van der Waals surface area contributed by atoms with Crippen LogP contribution in [0.5, 0.6) is 0 Å². The molecule has 0 heterocycles. The van der Waals surface area contributed by atoms with Gasteiger partial charge in [-0.15, -0.1) is 0 Å². The smallest absolute Gasteiger partial charge is 0.302 e. The molecule has 0 N–H and O–H groups in total. The monoisotopic (exact) mass is 358 g/mol. The van der Waals surface area contributed by atoms with Crippen molar-refractivity contribution in [3.63, 3.8) is 0 Å². The summed E-state index contributed by atoms with van der Waals surface area (Å²) < 4.78 is 5.73. The minimum Gasteiger partial charge on any atom is -0.462 e. The number of hydrogen-bond acceptors (Lipinski definition) is 3. The highest BCUT2D eigenvalue weighted by Gasteiger charge is 2.62. The number of ether oxygens (including phenoxy) is 1. The molecule has 0 bridgehead atoms. The summed E-state index contributed by atoms with van der Waals surface area (Å²) in [5, 5.41) is 0. The highest BCUT2D eigenvalue weighted by Crippen LogP contribution is 2.66. The van der Waals surface area contributed by atoms with Gasteiger partial charge in [0, 0.05) is 24.2 Å². The fourth-order valence-corrected chi connectivity index (χ4v) is 7.55. The van der Waals surface area contributed by atoms with Crippen LogP contribution in [0.15, 0.2) is 12.2 Å². The largest absolute Gasteiger partial charge is 0.462 e. The van der Waals surface area contributed by atoms with Crippen molar-refractivity contribution in [2.75, 3.05) is 0 Å². The Labute approximate surface area is 157 Å². The number of rotatable bonds is 1. The van der Waals surface area contributed by atoms with Gasteiger partial charge >= 0.3 is 5.97 Å². The van der Waals surface area contributed by atoms with Crippen LogP contribution in [0.4, 0.5) is 0 Å². The molecular formula is C23H34O3. The summed E-state index contributed by atoms with van der Waals surface area (Å²) in [4.78, 5) is 24.1. The van der Waals surface area contributed by atoms with Gasteiger partial charge in [-0.2, -0.15) is 0 Å². The lowest BCUT2D eigenvalue weighted by molar-refractivity contribution is -0.159. The van der Waals surface area contributed by atoms with Gasteiger partial charge in [-0.25, -0.2) is 0 Å². The predicted octanol–water partition coefficient (Wildman–Crippen LogP) is 4.94. The van der Waals surface area contributed by atoms with Crippen LogP contribution in [-0.4, -0.2) is 17.9 Å². The van der Waals surface area contributed by atoms with Gasteiger partial charge in [-0.3, -0.25) is 9.59 Å². The Morgan fingerprint density at radius 1 is 1.00 bits per heavy atom. The average Bonchev–Trinajstić information content (AvgIpc) is 2.88. The van der Waals surface area contributed by atoms with Crippen molar-refractivity contribution in [2.45, 2.75) is 79.2 Å². The van der Waals surface area contributed by atoms with Crippen LogP contribution in [0, 0.1) is 39.9 Å². The van der Waals surface area contributed by atoms with Crippen molar-refractivity contribution < 1.29 is 14.3 Å². The maximum absolute atomic E-state index is 12.6. The third-order valence-corrected chi connectivity index (χ3v) is 9.02. The van der Waals surface area contributed by atoms with Gasteiger partial charge in [-0.05, 0) is 61.2 Å². The minimum atomic E-state index is -0.245. The van der Waals surface area contributed by atoms with Crippen LogP contribution in [0.3, 0.4) is 0 Å². The second-order valence-electron chi connectivity index (χ2n) is 10.5. The number of Topliss-reactive ketones (excluding diaryl/α,β-unsaturated/α-hetero) is 1. The van der Waals surface area contributed by atoms with Crippen LogP contribution in [-0.2, 0) is 14.3 Å². The normalized spacial score (nSPS) is 49.1. The Bertz CT molecular complexity index is 662. The van der Waals surface area contributed by atoms with Crippen molar-refractivity contribution in [1.82, 2.24) is 0 Å². The van der Waals surface area contributed by atoms with Crippen molar-refractivity contribution in [3.05, 3.63) is 12.2 Å². The third kappa shape index (κ3) is 2.31. The Balaban J connectivity index is 1.68. The number of fused-ring (bicyclic) bond motifs is 5. The van der Waals surface area contributed by atoms with Crippen molar-refractivity contribution >= 4 is 11.8 Å². The van der Waals surface area contributed by atoms with Crippen molar-refractivity contribution in [3.8, 4) is 0 Å². The zero-order valence-electron chi connectivity index (χ0n) is 17.0. The van der Waals surface area contributed by atoms with Crippen molar-refractivity contribution in [1.29, 1.82) is 0 Å². The molecule has 0 aromatic rings. The number of hydrogen-bond donors (Lipinski definition) is 0. The molecule has 0 radical (unpaired) electrons. The molecule has 144 valence electrons. The van der Waals surface area contributed by atoms with E-state index in [-0.39, 0.29) is 28.3 Å². The first-order valence-electron chi connectivity index (χ1n) is 10.5. The van der Waals surface area contributed by atoms with E-state index in [0.29, 0.717) is 29.5 Å². The molecule has 0 amide bonds. The molecule has 3 heteroatoms. The summed E-state index contributed by atoms with van der Waals surface area (Å²) in [6.45, 7) is 10.7. The summed E-state index contributed by atoms with van der Waals surface area (Å²) in [6.07, 6.45) is 11.2. The molecule has 7 atom stereocenters. The second kappa shape index (κ2) is 5.69. The number of esters is 1. The first-order valence-corrected chi connectivity index (χ1v) is 10.5. The zero-order chi connectivity index (χ0) is 18.9. The van der Waals surface area contributed by atoms with E-state index >= 15 is 0 Å². The quantitative estimate of drug-likeness (QED) is 0.492. The van der Waals surface area contributed by atoms with Gasteiger partial charge in [0.1, 0.15) is 11.9 Å².